The second-order valence-corrected chi connectivity index (χ2v) is 7.39. The van der Waals surface area contributed by atoms with Crippen molar-refractivity contribution in [2.45, 2.75) is 27.3 Å². The highest BCUT2D eigenvalue weighted by molar-refractivity contribution is 5.55. The molecule has 1 aromatic heterocycles. The molecule has 7 heteroatoms. The van der Waals surface area contributed by atoms with Gasteiger partial charge in [-0.25, -0.2) is 0 Å². The van der Waals surface area contributed by atoms with E-state index < -0.39 is 0 Å². The molecular formula is C23H33N5O2. The van der Waals surface area contributed by atoms with Crippen LogP contribution in [0.15, 0.2) is 46.6 Å². The summed E-state index contributed by atoms with van der Waals surface area (Å²) in [5.41, 5.74) is 3.41. The molecule has 0 radical (unpaired) electrons. The van der Waals surface area contributed by atoms with E-state index in [0.29, 0.717) is 24.8 Å². The Morgan fingerprint density at radius 3 is 2.67 bits per heavy atom. The van der Waals surface area contributed by atoms with Crippen LogP contribution in [0.2, 0.25) is 0 Å². The first-order valence-electron chi connectivity index (χ1n) is 10.8. The van der Waals surface area contributed by atoms with Gasteiger partial charge in [0.05, 0.1) is 19.8 Å². The Bertz CT molecular complexity index is 817. The molecule has 162 valence electrons. The predicted molar refractivity (Wildman–Crippen MR) is 120 cm³/mol. The monoisotopic (exact) mass is 411 g/mol. The molecule has 2 heterocycles. The van der Waals surface area contributed by atoms with Gasteiger partial charge in [-0.2, -0.15) is 10.1 Å². The first-order chi connectivity index (χ1) is 14.7. The first-order valence-corrected chi connectivity index (χ1v) is 10.8. The maximum absolute atomic E-state index is 5.98. The van der Waals surface area contributed by atoms with Gasteiger partial charge < -0.3 is 19.3 Å². The lowest BCUT2D eigenvalue weighted by molar-refractivity contribution is 0.122. The van der Waals surface area contributed by atoms with Gasteiger partial charge >= 0.3 is 0 Å². The van der Waals surface area contributed by atoms with E-state index in [0.717, 1.165) is 57.2 Å². The van der Waals surface area contributed by atoms with Gasteiger partial charge in [0.15, 0.2) is 5.82 Å². The Morgan fingerprint density at radius 1 is 1.13 bits per heavy atom. The Kier molecular flexibility index (Phi) is 8.59. The van der Waals surface area contributed by atoms with Crippen molar-refractivity contribution in [3.63, 3.8) is 0 Å². The van der Waals surface area contributed by atoms with Gasteiger partial charge in [0.2, 0.25) is 5.88 Å². The fraction of sp³-hybridized carbons (Fsp3) is 0.522. The number of hydrogen-bond donors (Lipinski definition) is 0. The minimum absolute atomic E-state index is 0.531. The Labute approximate surface area is 179 Å². The van der Waals surface area contributed by atoms with Crippen molar-refractivity contribution >= 4 is 11.5 Å². The number of likely N-dealkylation sites (N-methyl/N-ethyl adjacent to an activating group) is 1. The zero-order valence-corrected chi connectivity index (χ0v) is 18.4. The van der Waals surface area contributed by atoms with Crippen LogP contribution < -0.4 is 9.64 Å². The lowest BCUT2D eigenvalue weighted by atomic mass is 10.1. The molecule has 3 rings (SSSR count). The maximum Gasteiger partial charge on any atom is 0.217 e. The number of aryl methyl sites for hydroxylation is 1. The number of hydrogen-bond acceptors (Lipinski definition) is 7. The molecule has 30 heavy (non-hydrogen) atoms. The van der Waals surface area contributed by atoms with Crippen LogP contribution in [0.1, 0.15) is 25.0 Å². The zero-order chi connectivity index (χ0) is 21.2. The van der Waals surface area contributed by atoms with Crippen LogP contribution in [0.3, 0.4) is 0 Å². The van der Waals surface area contributed by atoms with Crippen molar-refractivity contribution in [3.05, 3.63) is 47.5 Å². The van der Waals surface area contributed by atoms with Gasteiger partial charge in [-0.05, 0) is 25.6 Å². The van der Waals surface area contributed by atoms with Crippen LogP contribution in [-0.4, -0.2) is 62.4 Å². The highest BCUT2D eigenvalue weighted by Gasteiger charge is 2.14. The van der Waals surface area contributed by atoms with E-state index in [1.54, 1.807) is 0 Å². The molecular weight excluding hydrogens is 378 g/mol. The van der Waals surface area contributed by atoms with E-state index in [9.17, 15) is 0 Å². The molecule has 7 nitrogen and oxygen atoms in total. The summed E-state index contributed by atoms with van der Waals surface area (Å²) in [7, 11) is 0. The third-order valence-corrected chi connectivity index (χ3v) is 5.21. The van der Waals surface area contributed by atoms with E-state index >= 15 is 0 Å². The standard InChI is InChI=1S/C23H33N5O2/c1-4-27(5-2)9-14-30-23-17-21(28-10-12-29-13-11-28)16-22(25-23)26-24-18-20-8-6-7-19(3)15-20/h6-8,15-17H,4-5,9-14,18H2,1-3H3. The molecule has 1 aromatic carbocycles. The Morgan fingerprint density at radius 2 is 1.93 bits per heavy atom. The molecule has 0 bridgehead atoms. The third kappa shape index (κ3) is 6.78. The maximum atomic E-state index is 5.98. The van der Waals surface area contributed by atoms with Crippen LogP contribution in [0.4, 0.5) is 11.5 Å². The third-order valence-electron chi connectivity index (χ3n) is 5.21. The van der Waals surface area contributed by atoms with Gasteiger partial charge in [-0.15, -0.1) is 5.11 Å². The summed E-state index contributed by atoms with van der Waals surface area (Å²) in [5.74, 6) is 1.17. The minimum Gasteiger partial charge on any atom is -0.476 e. The number of rotatable bonds is 10. The number of nitrogens with zero attached hydrogens (tertiary/aromatic N) is 5. The molecule has 1 saturated heterocycles. The van der Waals surface area contributed by atoms with Crippen LogP contribution in [-0.2, 0) is 11.3 Å². The minimum atomic E-state index is 0.531. The van der Waals surface area contributed by atoms with Crippen LogP contribution in [0.5, 0.6) is 5.88 Å². The molecule has 0 atom stereocenters. The van der Waals surface area contributed by atoms with E-state index in [4.69, 9.17) is 9.47 Å². The topological polar surface area (TPSA) is 62.5 Å². The average Bonchev–Trinajstić information content (AvgIpc) is 2.77. The second-order valence-electron chi connectivity index (χ2n) is 7.39. The Balaban J connectivity index is 1.72. The van der Waals surface area contributed by atoms with Crippen molar-refractivity contribution in [1.82, 2.24) is 9.88 Å². The summed E-state index contributed by atoms with van der Waals surface area (Å²) in [6.07, 6.45) is 0. The SMILES string of the molecule is CCN(CC)CCOc1cc(N2CCOCC2)cc(N=NCc2cccc(C)c2)n1. The second kappa shape index (κ2) is 11.6. The predicted octanol–water partition coefficient (Wildman–Crippen LogP) is 4.23. The van der Waals surface area contributed by atoms with E-state index in [-0.39, 0.29) is 0 Å². The van der Waals surface area contributed by atoms with Crippen LogP contribution in [0.25, 0.3) is 0 Å². The van der Waals surface area contributed by atoms with E-state index in [2.05, 4.69) is 64.0 Å². The number of benzene rings is 1. The summed E-state index contributed by atoms with van der Waals surface area (Å²) >= 11 is 0. The molecule has 1 aliphatic rings. The number of ether oxygens (including phenoxy) is 2. The fourth-order valence-corrected chi connectivity index (χ4v) is 3.43. The molecule has 0 N–H and O–H groups in total. The fourth-order valence-electron chi connectivity index (χ4n) is 3.43. The number of anilines is 1. The van der Waals surface area contributed by atoms with Crippen molar-refractivity contribution in [1.29, 1.82) is 0 Å². The summed E-state index contributed by atoms with van der Waals surface area (Å²) in [6, 6.07) is 12.3. The molecule has 0 spiro atoms. The van der Waals surface area contributed by atoms with Crippen LogP contribution >= 0.6 is 0 Å². The zero-order valence-electron chi connectivity index (χ0n) is 18.4. The quantitative estimate of drug-likeness (QED) is 0.548. The van der Waals surface area contributed by atoms with Crippen LogP contribution in [0, 0.1) is 6.92 Å². The van der Waals surface area contributed by atoms with Crippen molar-refractivity contribution < 1.29 is 9.47 Å². The molecule has 0 unspecified atom stereocenters. The Hall–Kier alpha value is -2.51. The lowest BCUT2D eigenvalue weighted by Crippen LogP contribution is -2.36. The van der Waals surface area contributed by atoms with Crippen molar-refractivity contribution in [3.8, 4) is 5.88 Å². The van der Waals surface area contributed by atoms with Gasteiger partial charge in [-0.3, -0.25) is 0 Å². The number of pyridine rings is 1. The normalized spacial score (nSPS) is 14.6. The molecule has 1 aliphatic heterocycles. The molecule has 0 amide bonds. The molecule has 2 aromatic rings. The van der Waals surface area contributed by atoms with Crippen molar-refractivity contribution in [2.75, 3.05) is 57.4 Å². The summed E-state index contributed by atoms with van der Waals surface area (Å²) in [5, 5.41) is 8.76. The summed E-state index contributed by atoms with van der Waals surface area (Å²) in [4.78, 5) is 9.17. The first kappa shape index (κ1) is 22.2. The average molecular weight is 412 g/mol. The number of azo groups is 1. The van der Waals surface area contributed by atoms with E-state index in [1.165, 1.54) is 5.56 Å². The lowest BCUT2D eigenvalue weighted by Gasteiger charge is -2.29. The largest absolute Gasteiger partial charge is 0.476 e. The van der Waals surface area contributed by atoms with Gasteiger partial charge in [-0.1, -0.05) is 43.7 Å². The summed E-state index contributed by atoms with van der Waals surface area (Å²) in [6.45, 7) is 13.6. The highest BCUT2D eigenvalue weighted by atomic mass is 16.5. The molecule has 0 aliphatic carbocycles. The van der Waals surface area contributed by atoms with Gasteiger partial charge in [0.25, 0.3) is 0 Å². The summed E-state index contributed by atoms with van der Waals surface area (Å²) < 4.78 is 11.5. The molecule has 1 fully saturated rings. The van der Waals surface area contributed by atoms with Gasteiger partial charge in [0.1, 0.15) is 6.61 Å². The van der Waals surface area contributed by atoms with E-state index in [1.807, 2.05) is 18.2 Å². The smallest absolute Gasteiger partial charge is 0.217 e. The van der Waals surface area contributed by atoms with Crippen molar-refractivity contribution in [2.24, 2.45) is 10.2 Å². The van der Waals surface area contributed by atoms with Gasteiger partial charge in [0, 0.05) is 37.5 Å². The number of morpholine rings is 1. The number of aromatic nitrogens is 1. The molecule has 0 saturated carbocycles. The highest BCUT2D eigenvalue weighted by Crippen LogP contribution is 2.26.